The van der Waals surface area contributed by atoms with Crippen LogP contribution in [0, 0.1) is 0 Å². The first-order chi connectivity index (χ1) is 17.1. The van der Waals surface area contributed by atoms with Crippen molar-refractivity contribution in [1.82, 2.24) is 10.7 Å². The fourth-order valence-corrected chi connectivity index (χ4v) is 4.75. The molecule has 2 amide bonds. The van der Waals surface area contributed by atoms with E-state index in [4.69, 9.17) is 27.9 Å². The highest BCUT2D eigenvalue weighted by atomic mass is 79.9. The Morgan fingerprint density at radius 1 is 1.06 bits per heavy atom. The zero-order chi connectivity index (χ0) is 26.2. The molecule has 3 N–H and O–H groups in total. The van der Waals surface area contributed by atoms with Crippen LogP contribution >= 0.6 is 55.1 Å². The number of phenols is 1. The Bertz CT molecular complexity index is 1250. The summed E-state index contributed by atoms with van der Waals surface area (Å²) in [5.41, 5.74) is 3.93. The summed E-state index contributed by atoms with van der Waals surface area (Å²) in [5.74, 6) is -0.675. The summed E-state index contributed by atoms with van der Waals surface area (Å²) < 4.78 is 6.60. The van der Waals surface area contributed by atoms with E-state index >= 15 is 0 Å². The van der Waals surface area contributed by atoms with Gasteiger partial charge in [-0.2, -0.15) is 5.10 Å². The molecule has 11 heteroatoms. The van der Waals surface area contributed by atoms with Crippen LogP contribution in [0.4, 0.5) is 0 Å². The van der Waals surface area contributed by atoms with Crippen LogP contribution in [0.2, 0.25) is 10.0 Å². The fraction of sp³-hybridized carbons (Fsp3) is 0.160. The summed E-state index contributed by atoms with van der Waals surface area (Å²) in [5, 5.41) is 17.3. The van der Waals surface area contributed by atoms with Gasteiger partial charge in [-0.1, -0.05) is 53.5 Å². The minimum Gasteiger partial charge on any atom is -0.506 e. The topological polar surface area (TPSA) is 100 Å². The molecule has 0 heterocycles. The molecule has 0 aromatic heterocycles. The number of hydrazone groups is 1. The average Bonchev–Trinajstić information content (AvgIpc) is 2.84. The van der Waals surface area contributed by atoms with Gasteiger partial charge in [-0.3, -0.25) is 9.59 Å². The van der Waals surface area contributed by atoms with E-state index in [9.17, 15) is 14.7 Å². The molecule has 7 nitrogen and oxygen atoms in total. The van der Waals surface area contributed by atoms with Crippen LogP contribution in [0.3, 0.4) is 0 Å². The van der Waals surface area contributed by atoms with E-state index in [0.717, 1.165) is 5.56 Å². The van der Waals surface area contributed by atoms with Crippen molar-refractivity contribution in [2.24, 2.45) is 5.10 Å². The molecule has 0 unspecified atom stereocenters. The Morgan fingerprint density at radius 2 is 1.72 bits per heavy atom. The van der Waals surface area contributed by atoms with Gasteiger partial charge in [0.25, 0.3) is 11.8 Å². The number of carbonyl (C=O) groups is 2. The number of amides is 2. The molecule has 0 saturated heterocycles. The quantitative estimate of drug-likeness (QED) is 0.198. The molecule has 188 valence electrons. The Labute approximate surface area is 235 Å². The SMILES string of the molecule is C[C@@H](Oc1ccc(Cl)cc1Cl)C(=O)N[C@@H](Cc1ccccc1)C(=O)N/N=C\c1cc(Br)c(O)c(Br)c1. The van der Waals surface area contributed by atoms with Gasteiger partial charge < -0.3 is 15.2 Å². The van der Waals surface area contributed by atoms with Gasteiger partial charge in [0.2, 0.25) is 0 Å². The second-order valence-corrected chi connectivity index (χ2v) is 10.2. The first kappa shape index (κ1) is 28.0. The van der Waals surface area contributed by atoms with E-state index in [1.54, 1.807) is 31.2 Å². The van der Waals surface area contributed by atoms with Crippen molar-refractivity contribution in [3.8, 4) is 11.5 Å². The molecule has 36 heavy (non-hydrogen) atoms. The predicted molar refractivity (Wildman–Crippen MR) is 148 cm³/mol. The molecular weight excluding hydrogens is 637 g/mol. The van der Waals surface area contributed by atoms with Crippen LogP contribution in [0.25, 0.3) is 0 Å². The lowest BCUT2D eigenvalue weighted by molar-refractivity contribution is -0.132. The Hall–Kier alpha value is -2.59. The van der Waals surface area contributed by atoms with Crippen LogP contribution in [0.5, 0.6) is 11.5 Å². The molecule has 0 saturated carbocycles. The normalized spacial score (nSPS) is 12.7. The highest BCUT2D eigenvalue weighted by molar-refractivity contribution is 9.11. The van der Waals surface area contributed by atoms with E-state index in [0.29, 0.717) is 25.3 Å². The Morgan fingerprint density at radius 3 is 2.36 bits per heavy atom. The average molecular weight is 658 g/mol. The van der Waals surface area contributed by atoms with Crippen molar-refractivity contribution >= 4 is 73.1 Å². The number of aromatic hydroxyl groups is 1. The van der Waals surface area contributed by atoms with Crippen LogP contribution in [0.1, 0.15) is 18.1 Å². The van der Waals surface area contributed by atoms with Gasteiger partial charge in [-0.25, -0.2) is 5.43 Å². The van der Waals surface area contributed by atoms with Crippen molar-refractivity contribution in [3.05, 3.63) is 90.8 Å². The van der Waals surface area contributed by atoms with Gasteiger partial charge in [0.15, 0.2) is 6.10 Å². The number of halogens is 4. The number of benzene rings is 3. The third-order valence-corrected chi connectivity index (χ3v) is 6.65. The molecule has 0 aliphatic heterocycles. The molecule has 3 aromatic rings. The molecule has 3 rings (SSSR count). The van der Waals surface area contributed by atoms with E-state index in [1.165, 1.54) is 12.3 Å². The lowest BCUT2D eigenvalue weighted by Crippen LogP contribution is -2.50. The number of ether oxygens (including phenoxy) is 1. The molecule has 2 atom stereocenters. The fourth-order valence-electron chi connectivity index (χ4n) is 3.07. The monoisotopic (exact) mass is 655 g/mol. The first-order valence-electron chi connectivity index (χ1n) is 10.6. The lowest BCUT2D eigenvalue weighted by Gasteiger charge is -2.21. The largest absolute Gasteiger partial charge is 0.506 e. The van der Waals surface area contributed by atoms with Crippen LogP contribution in [-0.2, 0) is 16.0 Å². The maximum absolute atomic E-state index is 13.0. The summed E-state index contributed by atoms with van der Waals surface area (Å²) in [7, 11) is 0. The van der Waals surface area contributed by atoms with Gasteiger partial charge in [0.1, 0.15) is 17.5 Å². The second-order valence-electron chi connectivity index (χ2n) is 7.65. The van der Waals surface area contributed by atoms with E-state index < -0.39 is 24.0 Å². The molecular formula is C25H21Br2Cl2N3O4. The predicted octanol–water partition coefficient (Wildman–Crippen LogP) is 5.87. The maximum atomic E-state index is 13.0. The standard InChI is InChI=1S/C25H21Br2Cl2N3O4/c1-14(36-22-8-7-17(28)12-20(22)29)24(34)31-21(11-15-5-3-2-4-6-15)25(35)32-30-13-16-9-18(26)23(33)19(27)10-16/h2-10,12-14,21,33H,11H2,1H3,(H,31,34)(H,32,35)/b30-13-/t14-,21+/m1/s1. The Balaban J connectivity index is 1.71. The van der Waals surface area contributed by atoms with Crippen LogP contribution in [-0.4, -0.2) is 35.3 Å². The van der Waals surface area contributed by atoms with Crippen LogP contribution in [0.15, 0.2) is 74.7 Å². The molecule has 0 spiro atoms. The zero-order valence-corrected chi connectivity index (χ0v) is 23.5. The van der Waals surface area contributed by atoms with Crippen molar-refractivity contribution in [2.75, 3.05) is 0 Å². The highest BCUT2D eigenvalue weighted by Crippen LogP contribution is 2.32. The number of nitrogens with zero attached hydrogens (tertiary/aromatic N) is 1. The van der Waals surface area contributed by atoms with Crippen molar-refractivity contribution in [3.63, 3.8) is 0 Å². The molecule has 3 aromatic carbocycles. The third kappa shape index (κ3) is 7.96. The molecule has 0 aliphatic rings. The van der Waals surface area contributed by atoms with E-state index in [-0.39, 0.29) is 17.2 Å². The number of hydrogen-bond acceptors (Lipinski definition) is 5. The Kier molecular flexibility index (Phi) is 10.2. The van der Waals surface area contributed by atoms with Crippen molar-refractivity contribution in [2.45, 2.75) is 25.5 Å². The maximum Gasteiger partial charge on any atom is 0.262 e. The summed E-state index contributed by atoms with van der Waals surface area (Å²) >= 11 is 18.5. The molecule has 0 fully saturated rings. The van der Waals surface area contributed by atoms with Gasteiger partial charge in [0.05, 0.1) is 20.2 Å². The summed E-state index contributed by atoms with van der Waals surface area (Å²) in [6.07, 6.45) is 0.714. The second kappa shape index (κ2) is 13.1. The van der Waals surface area contributed by atoms with Crippen molar-refractivity contribution < 1.29 is 19.4 Å². The molecule has 0 radical (unpaired) electrons. The van der Waals surface area contributed by atoms with Gasteiger partial charge >= 0.3 is 0 Å². The minimum atomic E-state index is -0.940. The van der Waals surface area contributed by atoms with Gasteiger partial charge in [-0.05, 0) is 80.2 Å². The number of rotatable bonds is 9. The van der Waals surface area contributed by atoms with E-state index in [1.807, 2.05) is 30.3 Å². The van der Waals surface area contributed by atoms with Crippen molar-refractivity contribution in [1.29, 1.82) is 0 Å². The molecule has 0 bridgehead atoms. The lowest BCUT2D eigenvalue weighted by atomic mass is 10.1. The third-order valence-electron chi connectivity index (χ3n) is 4.91. The minimum absolute atomic E-state index is 0.0537. The summed E-state index contributed by atoms with van der Waals surface area (Å²) in [6.45, 7) is 1.55. The smallest absolute Gasteiger partial charge is 0.262 e. The summed E-state index contributed by atoms with van der Waals surface area (Å²) in [4.78, 5) is 25.8. The highest BCUT2D eigenvalue weighted by Gasteiger charge is 2.25. The van der Waals surface area contributed by atoms with Gasteiger partial charge in [-0.15, -0.1) is 0 Å². The van der Waals surface area contributed by atoms with Crippen LogP contribution < -0.4 is 15.5 Å². The molecule has 0 aliphatic carbocycles. The number of nitrogens with one attached hydrogen (secondary N) is 2. The number of phenolic OH excluding ortho intramolecular Hbond substituents is 1. The van der Waals surface area contributed by atoms with Gasteiger partial charge in [0, 0.05) is 11.4 Å². The zero-order valence-electron chi connectivity index (χ0n) is 18.8. The van der Waals surface area contributed by atoms with E-state index in [2.05, 4.69) is 47.7 Å². The number of hydrogen-bond donors (Lipinski definition) is 3. The first-order valence-corrected chi connectivity index (χ1v) is 12.9. The number of carbonyl (C=O) groups excluding carboxylic acids is 2. The summed E-state index contributed by atoms with van der Waals surface area (Å²) in [6, 6.07) is 16.3.